The molecule has 0 aromatic heterocycles. The van der Waals surface area contributed by atoms with E-state index < -0.39 is 0 Å². The van der Waals surface area contributed by atoms with Crippen molar-refractivity contribution in [2.75, 3.05) is 32.1 Å². The number of anilines is 1. The number of para-hydroxylation sites is 1. The maximum atomic E-state index is 13.2. The molecule has 3 atom stereocenters. The molecule has 2 aliphatic rings. The van der Waals surface area contributed by atoms with E-state index in [0.29, 0.717) is 12.0 Å². The summed E-state index contributed by atoms with van der Waals surface area (Å²) in [4.78, 5) is 19.6. The molecule has 0 radical (unpaired) electrons. The lowest BCUT2D eigenvalue weighted by Gasteiger charge is -2.48. The number of fused-ring (bicyclic) bond motifs is 3. The van der Waals surface area contributed by atoms with Gasteiger partial charge in [-0.1, -0.05) is 72.8 Å². The highest BCUT2D eigenvalue weighted by Crippen LogP contribution is 2.44. The molecule has 0 saturated carbocycles. The lowest BCUT2D eigenvalue weighted by Crippen LogP contribution is -2.53. The molecule has 3 aromatic rings. The molecule has 0 spiro atoms. The number of rotatable bonds is 3. The molecule has 164 valence electrons. The van der Waals surface area contributed by atoms with Crippen molar-refractivity contribution in [3.63, 3.8) is 0 Å². The number of piperidine rings is 1. The topological polar surface area (TPSA) is 26.8 Å². The van der Waals surface area contributed by atoms with E-state index in [4.69, 9.17) is 0 Å². The third-order valence-corrected chi connectivity index (χ3v) is 7.02. The smallest absolute Gasteiger partial charge is 0.324 e. The fraction of sp³-hybridized carbons (Fsp3) is 0.321. The minimum Gasteiger partial charge on any atom is -0.330 e. The van der Waals surface area contributed by atoms with E-state index in [9.17, 15) is 4.79 Å². The standard InChI is InChI=1S/C28H31N3O/c1-29(2)28(32)31(22-13-7-4-8-14-22)23-17-18-30-20-26(21-11-5-3-6-12-21)24-15-9-10-16-25(24)27(30)19-23/h3-16,23,26-27H,17-20H2,1-2H3/t23-,26-,27-/m0/s1. The van der Waals surface area contributed by atoms with Crippen molar-refractivity contribution >= 4 is 11.7 Å². The number of hydrogen-bond donors (Lipinski definition) is 0. The Morgan fingerprint density at radius 3 is 2.16 bits per heavy atom. The second-order valence-electron chi connectivity index (χ2n) is 9.16. The van der Waals surface area contributed by atoms with Gasteiger partial charge in [0.1, 0.15) is 0 Å². The summed E-state index contributed by atoms with van der Waals surface area (Å²) < 4.78 is 0. The molecule has 1 saturated heterocycles. The Hall–Kier alpha value is -3.11. The van der Waals surface area contributed by atoms with Crippen LogP contribution in [-0.4, -0.2) is 49.1 Å². The van der Waals surface area contributed by atoms with E-state index in [2.05, 4.69) is 59.5 Å². The monoisotopic (exact) mass is 425 g/mol. The fourth-order valence-corrected chi connectivity index (χ4v) is 5.49. The van der Waals surface area contributed by atoms with Gasteiger partial charge in [-0.25, -0.2) is 4.79 Å². The van der Waals surface area contributed by atoms with E-state index in [1.165, 1.54) is 16.7 Å². The van der Waals surface area contributed by atoms with Crippen LogP contribution in [0.4, 0.5) is 10.5 Å². The molecule has 4 nitrogen and oxygen atoms in total. The van der Waals surface area contributed by atoms with Gasteiger partial charge in [-0.15, -0.1) is 0 Å². The molecule has 5 rings (SSSR count). The predicted octanol–water partition coefficient (Wildman–Crippen LogP) is 5.53. The zero-order chi connectivity index (χ0) is 22.1. The highest BCUT2D eigenvalue weighted by molar-refractivity contribution is 5.92. The molecule has 2 aliphatic heterocycles. The SMILES string of the molecule is CN(C)C(=O)N(c1ccccc1)[C@H]1CCN2C[C@@H](c3ccccc3)c3ccccc3[C@@H]2C1. The molecule has 4 heteroatoms. The first-order valence-electron chi connectivity index (χ1n) is 11.6. The van der Waals surface area contributed by atoms with E-state index in [-0.39, 0.29) is 12.1 Å². The zero-order valence-corrected chi connectivity index (χ0v) is 18.9. The fourth-order valence-electron chi connectivity index (χ4n) is 5.49. The number of carbonyl (C=O) groups is 1. The van der Waals surface area contributed by atoms with Crippen LogP contribution in [0.25, 0.3) is 0 Å². The molecular formula is C28H31N3O. The van der Waals surface area contributed by atoms with Crippen LogP contribution in [0.3, 0.4) is 0 Å². The third kappa shape index (κ3) is 3.80. The van der Waals surface area contributed by atoms with Crippen molar-refractivity contribution in [3.05, 3.63) is 102 Å². The average molecular weight is 426 g/mol. The predicted molar refractivity (Wildman–Crippen MR) is 130 cm³/mol. The van der Waals surface area contributed by atoms with Gasteiger partial charge in [0.15, 0.2) is 0 Å². The summed E-state index contributed by atoms with van der Waals surface area (Å²) in [5.41, 5.74) is 5.22. The summed E-state index contributed by atoms with van der Waals surface area (Å²) >= 11 is 0. The Labute approximate surface area is 191 Å². The Morgan fingerprint density at radius 1 is 0.844 bits per heavy atom. The molecule has 2 amide bonds. The Morgan fingerprint density at radius 2 is 1.47 bits per heavy atom. The van der Waals surface area contributed by atoms with Gasteiger partial charge in [-0.05, 0) is 41.7 Å². The molecule has 0 unspecified atom stereocenters. The van der Waals surface area contributed by atoms with Gasteiger partial charge in [0.25, 0.3) is 0 Å². The maximum absolute atomic E-state index is 13.2. The summed E-state index contributed by atoms with van der Waals surface area (Å²) in [7, 11) is 3.68. The quantitative estimate of drug-likeness (QED) is 0.552. The van der Waals surface area contributed by atoms with Gasteiger partial charge in [0, 0.05) is 50.9 Å². The molecule has 32 heavy (non-hydrogen) atoms. The van der Waals surface area contributed by atoms with Crippen molar-refractivity contribution < 1.29 is 4.79 Å². The first kappa shape index (κ1) is 20.8. The van der Waals surface area contributed by atoms with Crippen LogP contribution in [0.5, 0.6) is 0 Å². The third-order valence-electron chi connectivity index (χ3n) is 7.02. The summed E-state index contributed by atoms with van der Waals surface area (Å²) in [5, 5.41) is 0. The summed E-state index contributed by atoms with van der Waals surface area (Å²) in [6, 6.07) is 30.5. The summed E-state index contributed by atoms with van der Waals surface area (Å²) in [6.45, 7) is 2.03. The van der Waals surface area contributed by atoms with Crippen LogP contribution in [0, 0.1) is 0 Å². The van der Waals surface area contributed by atoms with Crippen LogP contribution >= 0.6 is 0 Å². The Bertz CT molecular complexity index is 1070. The molecule has 1 fully saturated rings. The van der Waals surface area contributed by atoms with Gasteiger partial charge in [0.2, 0.25) is 0 Å². The largest absolute Gasteiger partial charge is 0.330 e. The first-order valence-corrected chi connectivity index (χ1v) is 11.6. The van der Waals surface area contributed by atoms with Gasteiger partial charge in [-0.3, -0.25) is 9.80 Å². The van der Waals surface area contributed by atoms with E-state index in [1.807, 2.05) is 49.3 Å². The Kier molecular flexibility index (Phi) is 5.71. The second kappa shape index (κ2) is 8.79. The second-order valence-corrected chi connectivity index (χ2v) is 9.16. The highest BCUT2D eigenvalue weighted by Gasteiger charge is 2.40. The van der Waals surface area contributed by atoms with E-state index >= 15 is 0 Å². The number of benzene rings is 3. The molecular weight excluding hydrogens is 394 g/mol. The summed E-state index contributed by atoms with van der Waals surface area (Å²) in [5.74, 6) is 0.397. The molecule has 2 heterocycles. The van der Waals surface area contributed by atoms with Crippen LogP contribution in [0.15, 0.2) is 84.9 Å². The molecule has 0 aliphatic carbocycles. The van der Waals surface area contributed by atoms with E-state index in [1.54, 1.807) is 4.90 Å². The lowest BCUT2D eigenvalue weighted by molar-refractivity contribution is 0.116. The molecule has 3 aromatic carbocycles. The maximum Gasteiger partial charge on any atom is 0.324 e. The zero-order valence-electron chi connectivity index (χ0n) is 18.9. The normalized spacial score (nSPS) is 22.5. The van der Waals surface area contributed by atoms with Gasteiger partial charge in [0.05, 0.1) is 0 Å². The van der Waals surface area contributed by atoms with Crippen molar-refractivity contribution in [1.82, 2.24) is 9.80 Å². The van der Waals surface area contributed by atoms with Crippen LogP contribution in [0.2, 0.25) is 0 Å². The van der Waals surface area contributed by atoms with Crippen molar-refractivity contribution in [3.8, 4) is 0 Å². The number of urea groups is 1. The number of nitrogens with zero attached hydrogens (tertiary/aromatic N) is 3. The molecule has 0 N–H and O–H groups in total. The van der Waals surface area contributed by atoms with E-state index in [0.717, 1.165) is 31.6 Å². The highest BCUT2D eigenvalue weighted by atomic mass is 16.2. The number of hydrogen-bond acceptors (Lipinski definition) is 2. The lowest BCUT2D eigenvalue weighted by atomic mass is 9.77. The van der Waals surface area contributed by atoms with Gasteiger partial charge >= 0.3 is 6.03 Å². The Balaban J connectivity index is 1.49. The van der Waals surface area contributed by atoms with Crippen LogP contribution in [0.1, 0.15) is 41.5 Å². The van der Waals surface area contributed by atoms with Crippen LogP contribution in [-0.2, 0) is 0 Å². The van der Waals surface area contributed by atoms with Crippen molar-refractivity contribution in [2.45, 2.75) is 30.8 Å². The van der Waals surface area contributed by atoms with Gasteiger partial charge < -0.3 is 4.90 Å². The molecule has 0 bridgehead atoms. The summed E-state index contributed by atoms with van der Waals surface area (Å²) in [6.07, 6.45) is 1.93. The average Bonchev–Trinajstić information content (AvgIpc) is 2.85. The minimum atomic E-state index is 0.0564. The van der Waals surface area contributed by atoms with Crippen LogP contribution < -0.4 is 4.90 Å². The van der Waals surface area contributed by atoms with Crippen molar-refractivity contribution in [2.24, 2.45) is 0 Å². The number of amides is 2. The van der Waals surface area contributed by atoms with Crippen molar-refractivity contribution in [1.29, 1.82) is 0 Å². The van der Waals surface area contributed by atoms with Gasteiger partial charge in [-0.2, -0.15) is 0 Å². The number of carbonyl (C=O) groups excluding carboxylic acids is 1. The minimum absolute atomic E-state index is 0.0564. The first-order chi connectivity index (χ1) is 15.6.